The first kappa shape index (κ1) is 22.1. The van der Waals surface area contributed by atoms with Crippen molar-refractivity contribution in [3.8, 4) is 0 Å². The van der Waals surface area contributed by atoms with E-state index in [-0.39, 0.29) is 11.0 Å². The molecule has 0 aromatic rings. The maximum atomic E-state index is 12.2. The minimum atomic E-state index is -1.78. The van der Waals surface area contributed by atoms with Crippen molar-refractivity contribution in [2.45, 2.75) is 90.3 Å². The Morgan fingerprint density at radius 3 is 2.32 bits per heavy atom. The van der Waals surface area contributed by atoms with Crippen molar-refractivity contribution in [2.75, 3.05) is 13.7 Å². The summed E-state index contributed by atoms with van der Waals surface area (Å²) >= 11 is 0. The van der Waals surface area contributed by atoms with Crippen molar-refractivity contribution in [1.82, 2.24) is 0 Å². The molecule has 0 N–H and O–H groups in total. The van der Waals surface area contributed by atoms with E-state index in [1.165, 1.54) is 12.7 Å². The molecule has 0 bridgehead atoms. The summed E-state index contributed by atoms with van der Waals surface area (Å²) < 4.78 is 11.0. The average molecular weight is 369 g/mol. The Bertz CT molecular complexity index is 500. The van der Waals surface area contributed by atoms with Crippen molar-refractivity contribution in [3.63, 3.8) is 0 Å². The number of carbonyl (C=O) groups excluding carboxylic acids is 2. The zero-order chi connectivity index (χ0) is 19.1. The van der Waals surface area contributed by atoms with E-state index < -0.39 is 8.32 Å². The van der Waals surface area contributed by atoms with Gasteiger partial charge in [0.05, 0.1) is 13.7 Å². The maximum absolute atomic E-state index is 12.2. The molecule has 0 aromatic carbocycles. The van der Waals surface area contributed by atoms with E-state index in [4.69, 9.17) is 4.43 Å². The van der Waals surface area contributed by atoms with Crippen molar-refractivity contribution in [1.29, 1.82) is 0 Å². The second-order valence-corrected chi connectivity index (χ2v) is 13.4. The van der Waals surface area contributed by atoms with Gasteiger partial charge in [-0.15, -0.1) is 0 Å². The third kappa shape index (κ3) is 7.06. The minimum absolute atomic E-state index is 0.140. The number of ketones is 1. The molecule has 0 saturated heterocycles. The molecule has 0 aliphatic heterocycles. The van der Waals surface area contributed by atoms with Crippen LogP contribution in [0.5, 0.6) is 0 Å². The molecule has 0 saturated carbocycles. The van der Waals surface area contributed by atoms with Crippen molar-refractivity contribution < 1.29 is 18.8 Å². The summed E-state index contributed by atoms with van der Waals surface area (Å²) in [5.41, 5.74) is 2.25. The largest absolute Gasteiger partial charge is 0.469 e. The van der Waals surface area contributed by atoms with Gasteiger partial charge in [-0.05, 0) is 55.0 Å². The van der Waals surface area contributed by atoms with Crippen molar-refractivity contribution >= 4 is 20.1 Å². The summed E-state index contributed by atoms with van der Waals surface area (Å²) in [4.78, 5) is 23.3. The summed E-state index contributed by atoms with van der Waals surface area (Å²) in [5, 5.41) is 0.190. The van der Waals surface area contributed by atoms with E-state index in [0.29, 0.717) is 25.2 Å². The lowest BCUT2D eigenvalue weighted by Crippen LogP contribution is -2.41. The molecular formula is C20H36O4Si. The van der Waals surface area contributed by atoms with Crippen LogP contribution in [0, 0.1) is 0 Å². The first-order valence-electron chi connectivity index (χ1n) is 9.53. The van der Waals surface area contributed by atoms with E-state index in [9.17, 15) is 9.59 Å². The lowest BCUT2D eigenvalue weighted by atomic mass is 10.0. The highest BCUT2D eigenvalue weighted by Gasteiger charge is 2.37. The van der Waals surface area contributed by atoms with Gasteiger partial charge in [0.2, 0.25) is 0 Å². The summed E-state index contributed by atoms with van der Waals surface area (Å²) in [6.45, 7) is 11.9. The second-order valence-electron chi connectivity index (χ2n) is 8.54. The number of Topliss-reactive ketones (excluding diaryl/α,β-unsaturated/α-hetero) is 1. The van der Waals surface area contributed by atoms with Crippen LogP contribution in [0.1, 0.15) is 72.1 Å². The number of hydrogen-bond donors (Lipinski definition) is 0. The third-order valence-electron chi connectivity index (χ3n) is 5.62. The maximum Gasteiger partial charge on any atom is 0.305 e. The highest BCUT2D eigenvalue weighted by atomic mass is 28.4. The van der Waals surface area contributed by atoms with Crippen LogP contribution < -0.4 is 0 Å². The fourth-order valence-electron chi connectivity index (χ4n) is 2.75. The minimum Gasteiger partial charge on any atom is -0.469 e. The molecule has 4 nitrogen and oxygen atoms in total. The third-order valence-corrected chi connectivity index (χ3v) is 10.1. The molecule has 0 amide bonds. The van der Waals surface area contributed by atoms with E-state index in [1.54, 1.807) is 0 Å². The number of esters is 1. The number of ether oxygens (including phenoxy) is 1. The lowest BCUT2D eigenvalue weighted by Gasteiger charge is -2.36. The van der Waals surface area contributed by atoms with Crippen LogP contribution in [0.15, 0.2) is 11.1 Å². The number of carbonyl (C=O) groups is 2. The van der Waals surface area contributed by atoms with Crippen LogP contribution in [0.25, 0.3) is 0 Å². The standard InChI is InChI=1S/C20H36O4Si/c1-20(2,3)25(5,6)24-15-16-13-14-18(21)17(16)11-9-7-8-10-12-19(22)23-4/h7-15H2,1-6H3. The van der Waals surface area contributed by atoms with Gasteiger partial charge in [-0.1, -0.05) is 33.6 Å². The molecule has 0 heterocycles. The van der Waals surface area contributed by atoms with E-state index in [1.807, 2.05) is 0 Å². The van der Waals surface area contributed by atoms with Crippen LogP contribution in [-0.2, 0) is 18.8 Å². The van der Waals surface area contributed by atoms with E-state index >= 15 is 0 Å². The summed E-state index contributed by atoms with van der Waals surface area (Å²) in [6.07, 6.45) is 6.78. The highest BCUT2D eigenvalue weighted by Crippen LogP contribution is 2.38. The molecule has 5 heteroatoms. The van der Waals surface area contributed by atoms with Gasteiger partial charge in [-0.2, -0.15) is 0 Å². The first-order chi connectivity index (χ1) is 11.6. The van der Waals surface area contributed by atoms with Gasteiger partial charge in [0.1, 0.15) is 0 Å². The molecule has 0 fully saturated rings. The lowest BCUT2D eigenvalue weighted by molar-refractivity contribution is -0.140. The Morgan fingerprint density at radius 1 is 1.08 bits per heavy atom. The molecule has 0 aromatic heterocycles. The van der Waals surface area contributed by atoms with Gasteiger partial charge < -0.3 is 9.16 Å². The molecule has 1 aliphatic carbocycles. The second kappa shape index (κ2) is 9.67. The predicted molar refractivity (Wildman–Crippen MR) is 104 cm³/mol. The van der Waals surface area contributed by atoms with Crippen molar-refractivity contribution in [2.24, 2.45) is 0 Å². The predicted octanol–water partition coefficient (Wildman–Crippen LogP) is 5.18. The molecule has 1 aliphatic rings. The zero-order valence-electron chi connectivity index (χ0n) is 17.0. The Balaban J connectivity index is 2.45. The fraction of sp³-hybridized carbons (Fsp3) is 0.800. The average Bonchev–Trinajstić information content (AvgIpc) is 2.87. The molecule has 25 heavy (non-hydrogen) atoms. The zero-order valence-corrected chi connectivity index (χ0v) is 18.0. The molecule has 0 radical (unpaired) electrons. The number of unbranched alkanes of at least 4 members (excludes halogenated alkanes) is 3. The molecule has 144 valence electrons. The summed E-state index contributed by atoms with van der Waals surface area (Å²) in [7, 11) is -0.352. The Morgan fingerprint density at radius 2 is 1.72 bits per heavy atom. The molecule has 1 rings (SSSR count). The number of allylic oxidation sites excluding steroid dienone is 1. The van der Waals surface area contributed by atoms with Crippen LogP contribution in [-0.4, -0.2) is 33.8 Å². The molecule has 0 unspecified atom stereocenters. The molecule has 0 spiro atoms. The summed E-state index contributed by atoms with van der Waals surface area (Å²) in [5.74, 6) is 0.169. The van der Waals surface area contributed by atoms with Gasteiger partial charge in [0, 0.05) is 12.8 Å². The Kier molecular flexibility index (Phi) is 8.55. The van der Waals surface area contributed by atoms with Gasteiger partial charge in [-0.3, -0.25) is 9.59 Å². The highest BCUT2D eigenvalue weighted by molar-refractivity contribution is 6.74. The van der Waals surface area contributed by atoms with E-state index in [0.717, 1.165) is 44.1 Å². The van der Waals surface area contributed by atoms with Gasteiger partial charge in [0.15, 0.2) is 14.1 Å². The summed E-state index contributed by atoms with van der Waals surface area (Å²) in [6, 6.07) is 0. The number of methoxy groups -OCH3 is 1. The van der Waals surface area contributed by atoms with E-state index in [2.05, 4.69) is 38.6 Å². The molecule has 0 atom stereocenters. The normalized spacial score (nSPS) is 15.8. The van der Waals surface area contributed by atoms with Crippen LogP contribution in [0.3, 0.4) is 0 Å². The fourth-order valence-corrected chi connectivity index (χ4v) is 3.72. The van der Waals surface area contributed by atoms with Crippen molar-refractivity contribution in [3.05, 3.63) is 11.1 Å². The smallest absolute Gasteiger partial charge is 0.305 e. The Hall–Kier alpha value is -0.943. The van der Waals surface area contributed by atoms with Crippen LogP contribution in [0.2, 0.25) is 18.1 Å². The quantitative estimate of drug-likeness (QED) is 0.303. The number of hydrogen-bond acceptors (Lipinski definition) is 4. The van der Waals surface area contributed by atoms with Crippen LogP contribution >= 0.6 is 0 Å². The van der Waals surface area contributed by atoms with Gasteiger partial charge in [0.25, 0.3) is 0 Å². The topological polar surface area (TPSA) is 52.6 Å². The number of rotatable bonds is 10. The van der Waals surface area contributed by atoms with Gasteiger partial charge >= 0.3 is 5.97 Å². The SMILES string of the molecule is COC(=O)CCCCCCC1=C(CO[Si](C)(C)C(C)(C)C)CCC1=O. The monoisotopic (exact) mass is 368 g/mol. The van der Waals surface area contributed by atoms with Gasteiger partial charge in [-0.25, -0.2) is 0 Å². The Labute approximate surface area is 154 Å². The van der Waals surface area contributed by atoms with Crippen LogP contribution in [0.4, 0.5) is 0 Å². The first-order valence-corrected chi connectivity index (χ1v) is 12.4. The molecular weight excluding hydrogens is 332 g/mol.